The van der Waals surface area contributed by atoms with Crippen LogP contribution in [0.3, 0.4) is 0 Å². The fraction of sp³-hybridized carbons (Fsp3) is 0.0833. The SMILES string of the molecule is COc1ccc(/C=C(\NC(=O)c2ccc(OC)cc2)C(=O)Nc2cccc(Br)c2)cc1. The molecule has 3 rings (SSSR count). The van der Waals surface area contributed by atoms with Gasteiger partial charge in [0, 0.05) is 15.7 Å². The molecular weight excluding hydrogens is 460 g/mol. The Morgan fingerprint density at radius 2 is 1.48 bits per heavy atom. The number of hydrogen-bond donors (Lipinski definition) is 2. The third kappa shape index (κ3) is 6.20. The van der Waals surface area contributed by atoms with E-state index in [1.807, 2.05) is 12.1 Å². The van der Waals surface area contributed by atoms with Crippen LogP contribution >= 0.6 is 15.9 Å². The average molecular weight is 481 g/mol. The highest BCUT2D eigenvalue weighted by molar-refractivity contribution is 9.10. The normalized spacial score (nSPS) is 10.9. The highest BCUT2D eigenvalue weighted by Crippen LogP contribution is 2.18. The predicted molar refractivity (Wildman–Crippen MR) is 124 cm³/mol. The second kappa shape index (κ2) is 10.4. The zero-order valence-electron chi connectivity index (χ0n) is 17.0. The molecule has 7 heteroatoms. The van der Waals surface area contributed by atoms with Crippen LogP contribution in [0.15, 0.2) is 83.0 Å². The number of anilines is 1. The molecule has 2 N–H and O–H groups in total. The van der Waals surface area contributed by atoms with Crippen LogP contribution in [-0.2, 0) is 4.79 Å². The fourth-order valence-electron chi connectivity index (χ4n) is 2.73. The summed E-state index contributed by atoms with van der Waals surface area (Å²) in [7, 11) is 3.13. The molecule has 0 fully saturated rings. The van der Waals surface area contributed by atoms with E-state index in [2.05, 4.69) is 26.6 Å². The molecular formula is C24H21BrN2O4. The standard InChI is InChI=1S/C24H21BrN2O4/c1-30-20-10-6-16(7-11-20)14-22(24(29)26-19-5-3-4-18(25)15-19)27-23(28)17-8-12-21(31-2)13-9-17/h3-15H,1-2H3,(H,26,29)(H,27,28)/b22-14-. The summed E-state index contributed by atoms with van der Waals surface area (Å²) in [6.07, 6.45) is 1.61. The molecule has 0 aromatic heterocycles. The molecule has 0 bridgehead atoms. The smallest absolute Gasteiger partial charge is 0.272 e. The maximum atomic E-state index is 13.0. The maximum Gasteiger partial charge on any atom is 0.272 e. The van der Waals surface area contributed by atoms with Crippen LogP contribution in [0.5, 0.6) is 11.5 Å². The van der Waals surface area contributed by atoms with Crippen molar-refractivity contribution in [2.75, 3.05) is 19.5 Å². The van der Waals surface area contributed by atoms with E-state index >= 15 is 0 Å². The monoisotopic (exact) mass is 480 g/mol. The second-order valence-corrected chi connectivity index (χ2v) is 7.39. The van der Waals surface area contributed by atoms with E-state index in [1.165, 1.54) is 0 Å². The van der Waals surface area contributed by atoms with Crippen molar-refractivity contribution in [3.05, 3.63) is 94.1 Å². The molecule has 0 saturated heterocycles. The Bertz CT molecular complexity index is 1090. The van der Waals surface area contributed by atoms with E-state index in [0.29, 0.717) is 22.7 Å². The van der Waals surface area contributed by atoms with E-state index in [4.69, 9.17) is 9.47 Å². The summed E-state index contributed by atoms with van der Waals surface area (Å²) in [5.74, 6) is 0.472. The Labute approximate surface area is 189 Å². The van der Waals surface area contributed by atoms with Crippen molar-refractivity contribution in [1.29, 1.82) is 0 Å². The van der Waals surface area contributed by atoms with E-state index in [-0.39, 0.29) is 5.70 Å². The molecule has 0 unspecified atom stereocenters. The Hall–Kier alpha value is -3.58. The number of nitrogens with one attached hydrogen (secondary N) is 2. The van der Waals surface area contributed by atoms with E-state index in [0.717, 1.165) is 10.0 Å². The van der Waals surface area contributed by atoms with E-state index < -0.39 is 11.8 Å². The van der Waals surface area contributed by atoms with Crippen molar-refractivity contribution in [1.82, 2.24) is 5.32 Å². The van der Waals surface area contributed by atoms with Gasteiger partial charge in [0.25, 0.3) is 11.8 Å². The molecule has 6 nitrogen and oxygen atoms in total. The van der Waals surface area contributed by atoms with Gasteiger partial charge >= 0.3 is 0 Å². The topological polar surface area (TPSA) is 76.7 Å². The molecule has 158 valence electrons. The first kappa shape index (κ1) is 22.1. The lowest BCUT2D eigenvalue weighted by molar-refractivity contribution is -0.113. The quantitative estimate of drug-likeness (QED) is 0.472. The number of benzene rings is 3. The first-order valence-electron chi connectivity index (χ1n) is 9.36. The zero-order valence-corrected chi connectivity index (χ0v) is 18.6. The molecule has 0 aliphatic carbocycles. The van der Waals surface area contributed by atoms with Crippen molar-refractivity contribution >= 4 is 39.5 Å². The number of hydrogen-bond acceptors (Lipinski definition) is 4. The third-order valence-corrected chi connectivity index (χ3v) is 4.85. The number of halogens is 1. The highest BCUT2D eigenvalue weighted by atomic mass is 79.9. The molecule has 0 heterocycles. The summed E-state index contributed by atoms with van der Waals surface area (Å²) in [5, 5.41) is 5.51. The summed E-state index contributed by atoms with van der Waals surface area (Å²) < 4.78 is 11.1. The summed E-state index contributed by atoms with van der Waals surface area (Å²) >= 11 is 3.38. The van der Waals surface area contributed by atoms with Gasteiger partial charge in [0.2, 0.25) is 0 Å². The minimum Gasteiger partial charge on any atom is -0.497 e. The molecule has 0 radical (unpaired) electrons. The Balaban J connectivity index is 1.87. The Morgan fingerprint density at radius 3 is 2.06 bits per heavy atom. The predicted octanol–water partition coefficient (Wildman–Crippen LogP) is 4.88. The minimum absolute atomic E-state index is 0.103. The number of methoxy groups -OCH3 is 2. The highest BCUT2D eigenvalue weighted by Gasteiger charge is 2.15. The average Bonchev–Trinajstić information content (AvgIpc) is 2.79. The van der Waals surface area contributed by atoms with Gasteiger partial charge in [0.1, 0.15) is 17.2 Å². The van der Waals surface area contributed by atoms with Gasteiger partial charge in [-0.15, -0.1) is 0 Å². The van der Waals surface area contributed by atoms with Crippen molar-refractivity contribution < 1.29 is 19.1 Å². The lowest BCUT2D eigenvalue weighted by atomic mass is 10.1. The van der Waals surface area contributed by atoms with Gasteiger partial charge in [-0.3, -0.25) is 9.59 Å². The molecule has 2 amide bonds. The molecule has 3 aromatic rings. The molecule has 0 aliphatic rings. The Morgan fingerprint density at radius 1 is 0.871 bits per heavy atom. The summed E-state index contributed by atoms with van der Waals surface area (Å²) in [5.41, 5.74) is 1.83. The number of carbonyl (C=O) groups excluding carboxylic acids is 2. The van der Waals surface area contributed by atoms with Gasteiger partial charge in [0.05, 0.1) is 14.2 Å². The van der Waals surface area contributed by atoms with Crippen LogP contribution in [0.25, 0.3) is 6.08 Å². The number of ether oxygens (including phenoxy) is 2. The summed E-state index contributed by atoms with van der Waals surface area (Å²) in [6.45, 7) is 0. The van der Waals surface area contributed by atoms with Crippen molar-refractivity contribution in [2.24, 2.45) is 0 Å². The number of rotatable bonds is 7. The van der Waals surface area contributed by atoms with E-state index in [1.54, 1.807) is 81.0 Å². The molecule has 0 spiro atoms. The first-order chi connectivity index (χ1) is 15.0. The largest absolute Gasteiger partial charge is 0.497 e. The van der Waals surface area contributed by atoms with Gasteiger partial charge in [-0.1, -0.05) is 34.1 Å². The van der Waals surface area contributed by atoms with Gasteiger partial charge in [-0.05, 0) is 66.2 Å². The van der Waals surface area contributed by atoms with Crippen LogP contribution in [0.4, 0.5) is 5.69 Å². The van der Waals surface area contributed by atoms with Crippen LogP contribution in [0.1, 0.15) is 15.9 Å². The van der Waals surface area contributed by atoms with Gasteiger partial charge in [0.15, 0.2) is 0 Å². The zero-order chi connectivity index (χ0) is 22.2. The van der Waals surface area contributed by atoms with Crippen LogP contribution in [0.2, 0.25) is 0 Å². The molecule has 0 atom stereocenters. The fourth-order valence-corrected chi connectivity index (χ4v) is 3.13. The maximum absolute atomic E-state index is 13.0. The molecule has 31 heavy (non-hydrogen) atoms. The van der Waals surface area contributed by atoms with Crippen molar-refractivity contribution in [2.45, 2.75) is 0 Å². The molecule has 3 aromatic carbocycles. The minimum atomic E-state index is -0.448. The third-order valence-electron chi connectivity index (χ3n) is 4.35. The first-order valence-corrected chi connectivity index (χ1v) is 10.2. The molecule has 0 aliphatic heterocycles. The van der Waals surface area contributed by atoms with Gasteiger partial charge < -0.3 is 20.1 Å². The van der Waals surface area contributed by atoms with Crippen LogP contribution in [0, 0.1) is 0 Å². The van der Waals surface area contributed by atoms with Crippen LogP contribution in [-0.4, -0.2) is 26.0 Å². The summed E-state index contributed by atoms with van der Waals surface area (Å²) in [6, 6.07) is 21.0. The van der Waals surface area contributed by atoms with Crippen LogP contribution < -0.4 is 20.1 Å². The van der Waals surface area contributed by atoms with Crippen molar-refractivity contribution in [3.63, 3.8) is 0 Å². The number of carbonyl (C=O) groups is 2. The lowest BCUT2D eigenvalue weighted by Crippen LogP contribution is -2.30. The van der Waals surface area contributed by atoms with Gasteiger partial charge in [-0.25, -0.2) is 0 Å². The van der Waals surface area contributed by atoms with E-state index in [9.17, 15) is 9.59 Å². The number of amides is 2. The van der Waals surface area contributed by atoms with Crippen molar-refractivity contribution in [3.8, 4) is 11.5 Å². The lowest BCUT2D eigenvalue weighted by Gasteiger charge is -2.12. The van der Waals surface area contributed by atoms with Gasteiger partial charge in [-0.2, -0.15) is 0 Å². The molecule has 0 saturated carbocycles. The summed E-state index contributed by atoms with van der Waals surface area (Å²) in [4.78, 5) is 25.7. The second-order valence-electron chi connectivity index (χ2n) is 6.48. The Kier molecular flexibility index (Phi) is 7.45.